The van der Waals surface area contributed by atoms with Gasteiger partial charge in [-0.3, -0.25) is 0 Å². The van der Waals surface area contributed by atoms with Crippen LogP contribution in [0.1, 0.15) is 45.3 Å². The molecule has 108 valence electrons. The van der Waals surface area contributed by atoms with E-state index in [1.54, 1.807) is 0 Å². The number of hydrogen-bond donors (Lipinski definition) is 1. The second-order valence-corrected chi connectivity index (χ2v) is 11.5. The molecule has 0 radical (unpaired) electrons. The van der Waals surface area contributed by atoms with E-state index in [-0.39, 0.29) is 11.1 Å². The lowest BCUT2D eigenvalue weighted by molar-refractivity contribution is 0.152. The molecular weight excluding hydrogens is 252 g/mol. The maximum Gasteiger partial charge on any atom is 0.191 e. The lowest BCUT2D eigenvalue weighted by Crippen LogP contribution is -2.41. The second kappa shape index (κ2) is 6.68. The Morgan fingerprint density at radius 1 is 1.16 bits per heavy atom. The molecule has 1 unspecified atom stereocenters. The summed E-state index contributed by atoms with van der Waals surface area (Å²) in [6, 6.07) is 9.84. The summed E-state index contributed by atoms with van der Waals surface area (Å²) in [4.78, 5) is 0. The van der Waals surface area contributed by atoms with Crippen molar-refractivity contribution in [3.05, 3.63) is 35.9 Å². The van der Waals surface area contributed by atoms with Gasteiger partial charge in [0, 0.05) is 6.61 Å². The van der Waals surface area contributed by atoms with Gasteiger partial charge in [-0.1, -0.05) is 51.1 Å². The molecule has 0 aliphatic rings. The van der Waals surface area contributed by atoms with Crippen molar-refractivity contribution >= 4 is 8.32 Å². The van der Waals surface area contributed by atoms with E-state index in [0.717, 1.165) is 25.0 Å². The van der Waals surface area contributed by atoms with Gasteiger partial charge in [0.05, 0.1) is 6.10 Å². The fourth-order valence-corrected chi connectivity index (χ4v) is 2.75. The van der Waals surface area contributed by atoms with Crippen LogP contribution in [0.2, 0.25) is 18.1 Å². The average Bonchev–Trinajstić information content (AvgIpc) is 2.34. The molecule has 1 rings (SSSR count). The van der Waals surface area contributed by atoms with E-state index in [1.807, 2.05) is 30.3 Å². The number of rotatable bonds is 6. The van der Waals surface area contributed by atoms with Gasteiger partial charge in [-0.05, 0) is 36.5 Å². The summed E-state index contributed by atoms with van der Waals surface area (Å²) in [6.07, 6.45) is 1.30. The normalized spacial score (nSPS) is 14.4. The Kier molecular flexibility index (Phi) is 5.77. The summed E-state index contributed by atoms with van der Waals surface area (Å²) >= 11 is 0. The molecule has 0 spiro atoms. The lowest BCUT2D eigenvalue weighted by Gasteiger charge is -2.36. The predicted molar refractivity (Wildman–Crippen MR) is 83.8 cm³/mol. The zero-order valence-electron chi connectivity index (χ0n) is 12.9. The Morgan fingerprint density at radius 2 is 1.74 bits per heavy atom. The van der Waals surface area contributed by atoms with Crippen LogP contribution in [0, 0.1) is 0 Å². The monoisotopic (exact) mass is 280 g/mol. The highest BCUT2D eigenvalue weighted by molar-refractivity contribution is 6.74. The summed E-state index contributed by atoms with van der Waals surface area (Å²) in [5.41, 5.74) is 0.995. The highest BCUT2D eigenvalue weighted by Gasteiger charge is 2.36. The Balaban J connectivity index is 2.32. The highest BCUT2D eigenvalue weighted by atomic mass is 28.4. The first kappa shape index (κ1) is 16.4. The maximum absolute atomic E-state index is 10.1. The molecule has 0 saturated carbocycles. The molecule has 1 aromatic carbocycles. The molecule has 0 heterocycles. The van der Waals surface area contributed by atoms with Gasteiger partial charge in [0.2, 0.25) is 0 Å². The van der Waals surface area contributed by atoms with Gasteiger partial charge in [-0.2, -0.15) is 0 Å². The third-order valence-electron chi connectivity index (χ3n) is 4.08. The SMILES string of the molecule is CC(C)(C)[Si](C)(C)OCCCC(O)c1ccccc1. The summed E-state index contributed by atoms with van der Waals surface area (Å²) in [7, 11) is -1.64. The molecule has 0 aromatic heterocycles. The van der Waals surface area contributed by atoms with Gasteiger partial charge in [0.1, 0.15) is 0 Å². The van der Waals surface area contributed by atoms with Crippen LogP contribution in [-0.2, 0) is 4.43 Å². The van der Waals surface area contributed by atoms with Gasteiger partial charge in [-0.15, -0.1) is 0 Å². The summed E-state index contributed by atoms with van der Waals surface area (Å²) in [6.45, 7) is 12.0. The van der Waals surface area contributed by atoms with Crippen molar-refractivity contribution in [1.82, 2.24) is 0 Å². The van der Waals surface area contributed by atoms with Crippen molar-refractivity contribution in [3.8, 4) is 0 Å². The smallest absolute Gasteiger partial charge is 0.191 e. The minimum atomic E-state index is -1.64. The van der Waals surface area contributed by atoms with Crippen molar-refractivity contribution in [2.45, 2.75) is 57.8 Å². The Bertz CT molecular complexity index is 368. The molecule has 1 aromatic rings. The van der Waals surface area contributed by atoms with Crippen LogP contribution in [0.4, 0.5) is 0 Å². The minimum absolute atomic E-state index is 0.255. The molecule has 2 nitrogen and oxygen atoms in total. The van der Waals surface area contributed by atoms with Crippen LogP contribution >= 0.6 is 0 Å². The third-order valence-corrected chi connectivity index (χ3v) is 8.61. The minimum Gasteiger partial charge on any atom is -0.417 e. The molecule has 1 atom stereocenters. The zero-order chi connectivity index (χ0) is 14.5. The fourth-order valence-electron chi connectivity index (χ4n) is 1.66. The molecule has 0 saturated heterocycles. The largest absolute Gasteiger partial charge is 0.417 e. The lowest BCUT2D eigenvalue weighted by atomic mass is 10.1. The van der Waals surface area contributed by atoms with Gasteiger partial charge in [0.25, 0.3) is 0 Å². The molecule has 0 aliphatic heterocycles. The molecule has 3 heteroatoms. The molecule has 0 bridgehead atoms. The molecule has 0 aliphatic carbocycles. The van der Waals surface area contributed by atoms with Crippen LogP contribution in [0.3, 0.4) is 0 Å². The van der Waals surface area contributed by atoms with Gasteiger partial charge >= 0.3 is 0 Å². The predicted octanol–water partition coefficient (Wildman–Crippen LogP) is 4.52. The first-order chi connectivity index (χ1) is 8.74. The third kappa shape index (κ3) is 5.09. The first-order valence-corrected chi connectivity index (χ1v) is 10.0. The van der Waals surface area contributed by atoms with Crippen LogP contribution < -0.4 is 0 Å². The van der Waals surface area contributed by atoms with E-state index in [1.165, 1.54) is 0 Å². The zero-order valence-corrected chi connectivity index (χ0v) is 13.9. The van der Waals surface area contributed by atoms with Gasteiger partial charge < -0.3 is 9.53 Å². The van der Waals surface area contributed by atoms with Crippen molar-refractivity contribution in [3.63, 3.8) is 0 Å². The highest BCUT2D eigenvalue weighted by Crippen LogP contribution is 2.36. The van der Waals surface area contributed by atoms with Crippen LogP contribution in [0.25, 0.3) is 0 Å². The number of benzene rings is 1. The quantitative estimate of drug-likeness (QED) is 0.613. The van der Waals surface area contributed by atoms with Crippen LogP contribution in [0.5, 0.6) is 0 Å². The molecule has 0 amide bonds. The number of aliphatic hydroxyl groups is 1. The topological polar surface area (TPSA) is 29.5 Å². The standard InChI is InChI=1S/C16H28O2Si/c1-16(2,3)19(4,5)18-13-9-12-15(17)14-10-7-6-8-11-14/h6-8,10-11,15,17H,9,12-13H2,1-5H3. The maximum atomic E-state index is 10.1. The second-order valence-electron chi connectivity index (χ2n) is 6.68. The number of hydrogen-bond acceptors (Lipinski definition) is 2. The van der Waals surface area contributed by atoms with Crippen molar-refractivity contribution < 1.29 is 9.53 Å². The number of aliphatic hydroxyl groups excluding tert-OH is 1. The Morgan fingerprint density at radius 3 is 2.26 bits per heavy atom. The van der Waals surface area contributed by atoms with Gasteiger partial charge in [-0.25, -0.2) is 0 Å². The van der Waals surface area contributed by atoms with Crippen molar-refractivity contribution in [2.24, 2.45) is 0 Å². The van der Waals surface area contributed by atoms with E-state index in [2.05, 4.69) is 33.9 Å². The van der Waals surface area contributed by atoms with E-state index < -0.39 is 8.32 Å². The van der Waals surface area contributed by atoms with E-state index in [9.17, 15) is 5.11 Å². The Hall–Kier alpha value is -0.643. The Labute approximate surface area is 118 Å². The van der Waals surface area contributed by atoms with Crippen LogP contribution in [-0.4, -0.2) is 20.0 Å². The summed E-state index contributed by atoms with van der Waals surface area (Å²) in [5, 5.41) is 10.3. The summed E-state index contributed by atoms with van der Waals surface area (Å²) < 4.78 is 6.11. The molecule has 0 fully saturated rings. The summed E-state index contributed by atoms with van der Waals surface area (Å²) in [5.74, 6) is 0. The van der Waals surface area contributed by atoms with Crippen molar-refractivity contribution in [2.75, 3.05) is 6.61 Å². The average molecular weight is 280 g/mol. The first-order valence-electron chi connectivity index (χ1n) is 7.11. The van der Waals surface area contributed by atoms with Crippen LogP contribution in [0.15, 0.2) is 30.3 Å². The van der Waals surface area contributed by atoms with Gasteiger partial charge in [0.15, 0.2) is 8.32 Å². The molecular formula is C16H28O2Si. The van der Waals surface area contributed by atoms with E-state index >= 15 is 0 Å². The van der Waals surface area contributed by atoms with E-state index in [0.29, 0.717) is 0 Å². The van der Waals surface area contributed by atoms with Crippen molar-refractivity contribution in [1.29, 1.82) is 0 Å². The molecule has 1 N–H and O–H groups in total. The molecule has 19 heavy (non-hydrogen) atoms. The fraction of sp³-hybridized carbons (Fsp3) is 0.625. The van der Waals surface area contributed by atoms with E-state index in [4.69, 9.17) is 4.43 Å².